The van der Waals surface area contributed by atoms with Crippen LogP contribution in [0.15, 0.2) is 64.0 Å². The molecule has 0 bridgehead atoms. The minimum atomic E-state index is -1.99. The second-order valence-electron chi connectivity index (χ2n) is 4.09. The quantitative estimate of drug-likeness (QED) is 0.779. The van der Waals surface area contributed by atoms with E-state index in [1.54, 1.807) is 0 Å². The lowest BCUT2D eigenvalue weighted by Crippen LogP contribution is -2.11. The van der Waals surface area contributed by atoms with E-state index in [4.69, 9.17) is 0 Å². The van der Waals surface area contributed by atoms with Gasteiger partial charge in [-0.25, -0.2) is 0 Å². The summed E-state index contributed by atoms with van der Waals surface area (Å²) >= 11 is 3.40. The van der Waals surface area contributed by atoms with Gasteiger partial charge in [0.25, 0.3) is 0 Å². The van der Waals surface area contributed by atoms with Gasteiger partial charge in [0.1, 0.15) is 21.9 Å². The summed E-state index contributed by atoms with van der Waals surface area (Å²) in [5.41, 5.74) is 1.10. The van der Waals surface area contributed by atoms with Crippen LogP contribution in [0.4, 0.5) is 0 Å². The molecule has 88 valence electrons. The molecule has 0 saturated carbocycles. The smallest absolute Gasteiger partial charge is 0.0996 e. The predicted molar refractivity (Wildman–Crippen MR) is 76.5 cm³/mol. The van der Waals surface area contributed by atoms with Crippen LogP contribution in [0.1, 0.15) is 5.56 Å². The Morgan fingerprint density at radius 3 is 2.18 bits per heavy atom. The van der Waals surface area contributed by atoms with E-state index in [0.29, 0.717) is 5.75 Å². The van der Waals surface area contributed by atoms with Crippen molar-refractivity contribution >= 4 is 25.9 Å². The Morgan fingerprint density at radius 2 is 1.59 bits per heavy atom. The number of hydrogen-bond donors (Lipinski definition) is 0. The van der Waals surface area contributed by atoms with Gasteiger partial charge in [-0.05, 0) is 24.3 Å². The Kier molecular flexibility index (Phi) is 3.79. The van der Waals surface area contributed by atoms with Gasteiger partial charge in [-0.1, -0.05) is 50.5 Å². The monoisotopic (exact) mass is 309 g/mol. The Hall–Kier alpha value is -0.930. The average Bonchev–Trinajstić information content (AvgIpc) is 2.33. The molecular weight excluding hydrogens is 296 g/mol. The number of benzene rings is 2. The Morgan fingerprint density at radius 1 is 1.00 bits per heavy atom. The molecule has 0 saturated heterocycles. The van der Waals surface area contributed by atoms with Crippen LogP contribution in [0, 0.1) is 0 Å². The summed E-state index contributed by atoms with van der Waals surface area (Å²) in [5.74, 6) is 0.588. The molecule has 17 heavy (non-hydrogen) atoms. The molecule has 3 heteroatoms. The van der Waals surface area contributed by atoms with Crippen molar-refractivity contribution in [2.75, 3.05) is 6.26 Å². The fourth-order valence-electron chi connectivity index (χ4n) is 1.69. The number of rotatable bonds is 3. The van der Waals surface area contributed by atoms with Crippen LogP contribution in [0.3, 0.4) is 0 Å². The van der Waals surface area contributed by atoms with Crippen LogP contribution < -0.4 is 0 Å². The standard InChI is InChI=1S/C14H14BrOS/c1-17(16,14-5-3-2-4-6-14)11-12-7-9-13(15)10-8-12/h2-10H,11H2,1H3/q+1. The van der Waals surface area contributed by atoms with Crippen LogP contribution in [-0.2, 0) is 19.9 Å². The first-order valence-corrected chi connectivity index (χ1v) is 8.27. The van der Waals surface area contributed by atoms with E-state index in [1.807, 2.05) is 60.9 Å². The molecule has 2 rings (SSSR count). The molecule has 0 radical (unpaired) electrons. The molecule has 0 N–H and O–H groups in total. The van der Waals surface area contributed by atoms with Crippen LogP contribution in [-0.4, -0.2) is 6.26 Å². The number of hydrogen-bond acceptors (Lipinski definition) is 1. The highest BCUT2D eigenvalue weighted by molar-refractivity contribution is 9.10. The molecule has 2 aromatic carbocycles. The van der Waals surface area contributed by atoms with E-state index in [0.717, 1.165) is 14.9 Å². The van der Waals surface area contributed by atoms with Crippen LogP contribution >= 0.6 is 15.9 Å². The lowest BCUT2D eigenvalue weighted by atomic mass is 10.2. The maximum absolute atomic E-state index is 12.6. The molecule has 2 aromatic rings. The van der Waals surface area contributed by atoms with Crippen LogP contribution in [0.25, 0.3) is 0 Å². The third kappa shape index (κ3) is 3.27. The first-order chi connectivity index (χ1) is 8.08. The molecule has 0 amide bonds. The van der Waals surface area contributed by atoms with Gasteiger partial charge >= 0.3 is 0 Å². The molecule has 0 heterocycles. The Bertz CT molecular complexity index is 534. The Labute approximate surface area is 111 Å². The van der Waals surface area contributed by atoms with E-state index in [1.165, 1.54) is 0 Å². The maximum atomic E-state index is 12.6. The third-order valence-electron chi connectivity index (χ3n) is 2.60. The molecule has 0 fully saturated rings. The molecule has 0 aliphatic heterocycles. The molecule has 1 nitrogen and oxygen atoms in total. The fraction of sp³-hybridized carbons (Fsp3) is 0.143. The molecule has 0 spiro atoms. The Balaban J connectivity index is 2.23. The topological polar surface area (TPSA) is 17.1 Å². The van der Waals surface area contributed by atoms with E-state index in [9.17, 15) is 4.21 Å². The molecular formula is C14H14BrOS+. The summed E-state index contributed by atoms with van der Waals surface area (Å²) in [5, 5.41) is 0. The zero-order chi connectivity index (χ0) is 12.3. The van der Waals surface area contributed by atoms with Crippen molar-refractivity contribution in [2.45, 2.75) is 10.6 Å². The zero-order valence-electron chi connectivity index (χ0n) is 9.60. The summed E-state index contributed by atoms with van der Waals surface area (Å²) in [6.07, 6.45) is 1.82. The summed E-state index contributed by atoms with van der Waals surface area (Å²) in [4.78, 5) is 0.919. The fourth-order valence-corrected chi connectivity index (χ4v) is 3.68. The lowest BCUT2D eigenvalue weighted by Gasteiger charge is -2.07. The van der Waals surface area contributed by atoms with E-state index >= 15 is 0 Å². The third-order valence-corrected chi connectivity index (χ3v) is 5.28. The maximum Gasteiger partial charge on any atom is 0.158 e. The molecule has 0 aliphatic carbocycles. The van der Waals surface area contributed by atoms with Gasteiger partial charge in [-0.15, -0.1) is 0 Å². The highest BCUT2D eigenvalue weighted by Crippen LogP contribution is 2.22. The van der Waals surface area contributed by atoms with Gasteiger partial charge in [-0.2, -0.15) is 0 Å². The van der Waals surface area contributed by atoms with E-state index in [-0.39, 0.29) is 0 Å². The van der Waals surface area contributed by atoms with E-state index < -0.39 is 9.93 Å². The highest BCUT2D eigenvalue weighted by Gasteiger charge is 2.24. The number of halogens is 1. The van der Waals surface area contributed by atoms with Crippen molar-refractivity contribution in [1.82, 2.24) is 0 Å². The van der Waals surface area contributed by atoms with E-state index in [2.05, 4.69) is 15.9 Å². The predicted octanol–water partition coefficient (Wildman–Crippen LogP) is 4.14. The van der Waals surface area contributed by atoms with Crippen molar-refractivity contribution in [1.29, 1.82) is 0 Å². The summed E-state index contributed by atoms with van der Waals surface area (Å²) in [6, 6.07) is 17.7. The van der Waals surface area contributed by atoms with Crippen LogP contribution in [0.2, 0.25) is 0 Å². The van der Waals surface area contributed by atoms with Gasteiger partial charge in [0.2, 0.25) is 0 Å². The summed E-state index contributed by atoms with van der Waals surface area (Å²) in [6.45, 7) is 0. The van der Waals surface area contributed by atoms with Gasteiger partial charge in [0, 0.05) is 10.0 Å². The first-order valence-electron chi connectivity index (χ1n) is 5.34. The van der Waals surface area contributed by atoms with Crippen molar-refractivity contribution in [2.24, 2.45) is 0 Å². The lowest BCUT2D eigenvalue weighted by molar-refractivity contribution is 0.587. The van der Waals surface area contributed by atoms with Gasteiger partial charge < -0.3 is 0 Å². The largest absolute Gasteiger partial charge is 0.158 e. The first kappa shape index (κ1) is 12.5. The average molecular weight is 310 g/mol. The SMILES string of the molecule is C[S+](=O)(Cc1ccc(Br)cc1)c1ccccc1. The molecule has 0 aliphatic rings. The van der Waals surface area contributed by atoms with Gasteiger partial charge in [0.05, 0.1) is 0 Å². The minimum Gasteiger partial charge on any atom is -0.0996 e. The van der Waals surface area contributed by atoms with Crippen molar-refractivity contribution in [3.63, 3.8) is 0 Å². The highest BCUT2D eigenvalue weighted by atomic mass is 79.9. The van der Waals surface area contributed by atoms with Crippen molar-refractivity contribution in [3.05, 3.63) is 64.6 Å². The zero-order valence-corrected chi connectivity index (χ0v) is 12.0. The van der Waals surface area contributed by atoms with Gasteiger partial charge in [-0.3, -0.25) is 0 Å². The minimum absolute atomic E-state index is 0.588. The van der Waals surface area contributed by atoms with Gasteiger partial charge in [0.15, 0.2) is 4.90 Å². The summed E-state index contributed by atoms with van der Waals surface area (Å²) in [7, 11) is -1.99. The second-order valence-corrected chi connectivity index (χ2v) is 7.77. The second kappa shape index (κ2) is 5.15. The normalized spacial score (nSPS) is 14.2. The van der Waals surface area contributed by atoms with Crippen molar-refractivity contribution < 1.29 is 4.21 Å². The van der Waals surface area contributed by atoms with Crippen LogP contribution in [0.5, 0.6) is 0 Å². The summed E-state index contributed by atoms with van der Waals surface area (Å²) < 4.78 is 13.7. The molecule has 1 atom stereocenters. The molecule has 1 unspecified atom stereocenters. The molecule has 0 aromatic heterocycles. The van der Waals surface area contributed by atoms with Crippen molar-refractivity contribution in [3.8, 4) is 0 Å².